The van der Waals surface area contributed by atoms with Crippen LogP contribution in [0, 0.1) is 0 Å². The standard InChI is InChI=1S/C25H41NO3/c1-3-5-6-7-8-9-10-11-12-13-14-18-21(17-4-2)26-24(27)22-19-15-16-20-23(22)25(28)29/h15-16,19-21H,3-14,17-18H2,1-2H3,(H,26,27)(H,28,29). The summed E-state index contributed by atoms with van der Waals surface area (Å²) in [7, 11) is 0. The van der Waals surface area contributed by atoms with Gasteiger partial charge in [-0.3, -0.25) is 4.79 Å². The Balaban J connectivity index is 2.27. The Bertz CT molecular complexity index is 585. The number of carboxylic acids is 1. The number of hydrogen-bond donors (Lipinski definition) is 2. The van der Waals surface area contributed by atoms with E-state index >= 15 is 0 Å². The first-order valence-corrected chi connectivity index (χ1v) is 11.7. The van der Waals surface area contributed by atoms with E-state index in [2.05, 4.69) is 19.2 Å². The summed E-state index contributed by atoms with van der Waals surface area (Å²) in [5.74, 6) is -1.34. The fourth-order valence-electron chi connectivity index (χ4n) is 3.82. The molecule has 1 aromatic carbocycles. The van der Waals surface area contributed by atoms with Crippen molar-refractivity contribution >= 4 is 11.9 Å². The molecule has 0 aromatic heterocycles. The Labute approximate surface area is 177 Å². The van der Waals surface area contributed by atoms with Gasteiger partial charge in [0.05, 0.1) is 11.1 Å². The predicted molar refractivity (Wildman–Crippen MR) is 121 cm³/mol. The van der Waals surface area contributed by atoms with Crippen molar-refractivity contribution < 1.29 is 14.7 Å². The second-order valence-corrected chi connectivity index (χ2v) is 8.13. The molecule has 0 saturated heterocycles. The van der Waals surface area contributed by atoms with E-state index < -0.39 is 5.97 Å². The van der Waals surface area contributed by atoms with E-state index in [0.717, 1.165) is 25.7 Å². The van der Waals surface area contributed by atoms with Crippen molar-refractivity contribution in [1.29, 1.82) is 0 Å². The van der Waals surface area contributed by atoms with Crippen LogP contribution in [0.3, 0.4) is 0 Å². The number of benzene rings is 1. The number of carbonyl (C=O) groups is 2. The van der Waals surface area contributed by atoms with Crippen molar-refractivity contribution in [3.05, 3.63) is 35.4 Å². The first kappa shape index (κ1) is 25.2. The Hall–Kier alpha value is -1.84. The van der Waals surface area contributed by atoms with Crippen molar-refractivity contribution in [1.82, 2.24) is 5.32 Å². The lowest BCUT2D eigenvalue weighted by molar-refractivity contribution is 0.0690. The molecule has 0 bridgehead atoms. The monoisotopic (exact) mass is 403 g/mol. The third-order valence-electron chi connectivity index (χ3n) is 5.53. The summed E-state index contributed by atoms with van der Waals surface area (Å²) in [5.41, 5.74) is 0.315. The van der Waals surface area contributed by atoms with Crippen molar-refractivity contribution in [2.75, 3.05) is 0 Å². The Morgan fingerprint density at radius 3 is 1.79 bits per heavy atom. The minimum Gasteiger partial charge on any atom is -0.478 e. The second kappa shape index (κ2) is 16.0. The van der Waals surface area contributed by atoms with E-state index in [1.807, 2.05) is 0 Å². The van der Waals surface area contributed by atoms with Gasteiger partial charge in [0.15, 0.2) is 0 Å². The molecule has 0 aliphatic carbocycles. The molecule has 4 heteroatoms. The average molecular weight is 404 g/mol. The molecular weight excluding hydrogens is 362 g/mol. The smallest absolute Gasteiger partial charge is 0.336 e. The highest BCUT2D eigenvalue weighted by Crippen LogP contribution is 2.15. The lowest BCUT2D eigenvalue weighted by Crippen LogP contribution is -2.35. The number of unbranched alkanes of at least 4 members (excludes halogenated alkanes) is 10. The molecule has 1 atom stereocenters. The van der Waals surface area contributed by atoms with E-state index in [-0.39, 0.29) is 23.1 Å². The zero-order valence-corrected chi connectivity index (χ0v) is 18.5. The van der Waals surface area contributed by atoms with Crippen LogP contribution in [0.4, 0.5) is 0 Å². The van der Waals surface area contributed by atoms with E-state index in [1.165, 1.54) is 70.3 Å². The van der Waals surface area contributed by atoms with Crippen LogP contribution < -0.4 is 5.32 Å². The van der Waals surface area contributed by atoms with Gasteiger partial charge in [-0.25, -0.2) is 4.79 Å². The van der Waals surface area contributed by atoms with Crippen LogP contribution in [0.15, 0.2) is 24.3 Å². The topological polar surface area (TPSA) is 66.4 Å². The first-order valence-electron chi connectivity index (χ1n) is 11.7. The van der Waals surface area contributed by atoms with Gasteiger partial charge in [-0.1, -0.05) is 103 Å². The molecule has 0 saturated carbocycles. The minimum absolute atomic E-state index is 0.0648. The second-order valence-electron chi connectivity index (χ2n) is 8.13. The summed E-state index contributed by atoms with van der Waals surface area (Å²) in [4.78, 5) is 23.9. The summed E-state index contributed by atoms with van der Waals surface area (Å²) in [5, 5.41) is 12.4. The van der Waals surface area contributed by atoms with Gasteiger partial charge in [0, 0.05) is 6.04 Å². The fourth-order valence-corrected chi connectivity index (χ4v) is 3.82. The average Bonchev–Trinajstić information content (AvgIpc) is 2.72. The molecular formula is C25H41NO3. The van der Waals surface area contributed by atoms with Gasteiger partial charge in [-0.15, -0.1) is 0 Å². The first-order chi connectivity index (χ1) is 14.1. The highest BCUT2D eigenvalue weighted by atomic mass is 16.4. The van der Waals surface area contributed by atoms with Crippen molar-refractivity contribution in [2.45, 2.75) is 110 Å². The minimum atomic E-state index is -1.06. The fraction of sp³-hybridized carbons (Fsp3) is 0.680. The molecule has 0 aliphatic rings. The quantitative estimate of drug-likeness (QED) is 0.276. The predicted octanol–water partition coefficient (Wildman–Crippen LogP) is 6.98. The van der Waals surface area contributed by atoms with Crippen molar-refractivity contribution in [3.63, 3.8) is 0 Å². The van der Waals surface area contributed by atoms with Crippen LogP contribution >= 0.6 is 0 Å². The van der Waals surface area contributed by atoms with E-state index in [9.17, 15) is 14.7 Å². The maximum absolute atomic E-state index is 12.6. The molecule has 0 aliphatic heterocycles. The van der Waals surface area contributed by atoms with Gasteiger partial charge >= 0.3 is 5.97 Å². The summed E-state index contributed by atoms with van der Waals surface area (Å²) in [6.45, 7) is 4.37. The Morgan fingerprint density at radius 1 is 0.759 bits per heavy atom. The molecule has 0 radical (unpaired) electrons. The number of nitrogens with one attached hydrogen (secondary N) is 1. The zero-order valence-electron chi connectivity index (χ0n) is 18.5. The van der Waals surface area contributed by atoms with E-state index in [4.69, 9.17) is 0 Å². The van der Waals surface area contributed by atoms with Gasteiger partial charge in [0.2, 0.25) is 0 Å². The van der Waals surface area contributed by atoms with Crippen LogP contribution in [-0.4, -0.2) is 23.0 Å². The molecule has 0 spiro atoms. The van der Waals surface area contributed by atoms with Crippen LogP contribution in [0.5, 0.6) is 0 Å². The SMILES string of the molecule is CCCCCCCCCCCCCC(CCC)NC(=O)c1ccccc1C(=O)O. The van der Waals surface area contributed by atoms with Gasteiger partial charge in [0.1, 0.15) is 0 Å². The number of amides is 1. The summed E-state index contributed by atoms with van der Waals surface area (Å²) in [6.07, 6.45) is 17.3. The molecule has 0 fully saturated rings. The molecule has 1 amide bonds. The zero-order chi connectivity index (χ0) is 21.3. The normalized spacial score (nSPS) is 11.9. The van der Waals surface area contributed by atoms with Crippen molar-refractivity contribution in [2.24, 2.45) is 0 Å². The Morgan fingerprint density at radius 2 is 1.28 bits per heavy atom. The van der Waals surface area contributed by atoms with Crippen LogP contribution in [0.25, 0.3) is 0 Å². The molecule has 29 heavy (non-hydrogen) atoms. The highest BCUT2D eigenvalue weighted by molar-refractivity contribution is 6.04. The summed E-state index contributed by atoms with van der Waals surface area (Å²) >= 11 is 0. The molecule has 2 N–H and O–H groups in total. The van der Waals surface area contributed by atoms with E-state index in [0.29, 0.717) is 0 Å². The lowest BCUT2D eigenvalue weighted by atomic mass is 10.0. The van der Waals surface area contributed by atoms with Crippen LogP contribution in [-0.2, 0) is 0 Å². The Kier molecular flexibility index (Phi) is 13.9. The number of carbonyl (C=O) groups excluding carboxylic acids is 1. The molecule has 0 heterocycles. The third-order valence-corrected chi connectivity index (χ3v) is 5.53. The van der Waals surface area contributed by atoms with E-state index in [1.54, 1.807) is 18.2 Å². The molecule has 1 unspecified atom stereocenters. The maximum atomic E-state index is 12.6. The molecule has 1 aromatic rings. The maximum Gasteiger partial charge on any atom is 0.336 e. The largest absolute Gasteiger partial charge is 0.478 e. The van der Waals surface area contributed by atoms with Gasteiger partial charge in [-0.2, -0.15) is 0 Å². The molecule has 1 rings (SSSR count). The van der Waals surface area contributed by atoms with Crippen molar-refractivity contribution in [3.8, 4) is 0 Å². The van der Waals surface area contributed by atoms with Crippen LogP contribution in [0.1, 0.15) is 124 Å². The molecule has 4 nitrogen and oxygen atoms in total. The summed E-state index contributed by atoms with van der Waals surface area (Å²) in [6, 6.07) is 6.54. The van der Waals surface area contributed by atoms with Gasteiger partial charge < -0.3 is 10.4 Å². The number of rotatable bonds is 17. The number of aromatic carboxylic acids is 1. The molecule has 164 valence electrons. The summed E-state index contributed by atoms with van der Waals surface area (Å²) < 4.78 is 0. The number of carboxylic acid groups (broad SMARTS) is 1. The third kappa shape index (κ3) is 11.1. The van der Waals surface area contributed by atoms with Gasteiger partial charge in [0.25, 0.3) is 5.91 Å². The van der Waals surface area contributed by atoms with Gasteiger partial charge in [-0.05, 0) is 25.0 Å². The van der Waals surface area contributed by atoms with Crippen LogP contribution in [0.2, 0.25) is 0 Å². The highest BCUT2D eigenvalue weighted by Gasteiger charge is 2.18. The number of hydrogen-bond acceptors (Lipinski definition) is 2. The lowest BCUT2D eigenvalue weighted by Gasteiger charge is -2.19.